The van der Waals surface area contributed by atoms with Crippen LogP contribution in [0.5, 0.6) is 0 Å². The van der Waals surface area contributed by atoms with E-state index >= 15 is 0 Å². The number of rotatable bonds is 4. The molecule has 4 heterocycles. The second-order valence-electron chi connectivity index (χ2n) is 8.90. The molecule has 6 nitrogen and oxygen atoms in total. The zero-order valence-corrected chi connectivity index (χ0v) is 19.9. The predicted octanol–water partition coefficient (Wildman–Crippen LogP) is 4.77. The Hall–Kier alpha value is -2.41. The Morgan fingerprint density at radius 3 is 2.52 bits per heavy atom. The van der Waals surface area contributed by atoms with E-state index in [1.54, 1.807) is 12.3 Å². The molecule has 0 saturated carbocycles. The molecule has 1 aromatic carbocycles. The van der Waals surface area contributed by atoms with Gasteiger partial charge in [0.15, 0.2) is 0 Å². The standard InChI is InChI=1S/C25H27Cl2N5O/c26-17-14-21(27)23(30-15-17)19-4-3-5-20-18(19)6-9-29-24(20)31-12-7-16(8-13-31)22(28)25(33)32-10-1-2-11-32/h3-6,9,14-16,22H,1-2,7-8,10-13,28H2/t22-/m0/s1. The normalized spacial score (nSPS) is 18.2. The van der Waals surface area contributed by atoms with Gasteiger partial charge in [-0.05, 0) is 49.1 Å². The number of aromatic nitrogens is 2. The Morgan fingerprint density at radius 2 is 1.79 bits per heavy atom. The van der Waals surface area contributed by atoms with Crippen LogP contribution in [0.1, 0.15) is 25.7 Å². The van der Waals surface area contributed by atoms with Gasteiger partial charge in [0.1, 0.15) is 5.82 Å². The second kappa shape index (κ2) is 9.45. The van der Waals surface area contributed by atoms with Crippen molar-refractivity contribution in [2.45, 2.75) is 31.7 Å². The Morgan fingerprint density at radius 1 is 1.03 bits per heavy atom. The number of carbonyl (C=O) groups excluding carboxylic acids is 1. The molecule has 8 heteroatoms. The lowest BCUT2D eigenvalue weighted by atomic mass is 9.89. The Bertz CT molecular complexity index is 1170. The van der Waals surface area contributed by atoms with Crippen LogP contribution in [0.4, 0.5) is 5.82 Å². The number of amides is 1. The number of halogens is 2. The van der Waals surface area contributed by atoms with Crippen molar-refractivity contribution >= 4 is 45.7 Å². The molecule has 0 aliphatic carbocycles. The molecule has 1 atom stereocenters. The smallest absolute Gasteiger partial charge is 0.239 e. The maximum Gasteiger partial charge on any atom is 0.239 e. The highest BCUT2D eigenvalue weighted by molar-refractivity contribution is 6.36. The fraction of sp³-hybridized carbons (Fsp3) is 0.400. The molecule has 2 aromatic heterocycles. The van der Waals surface area contributed by atoms with Crippen molar-refractivity contribution in [1.29, 1.82) is 0 Å². The van der Waals surface area contributed by atoms with Crippen molar-refractivity contribution in [2.24, 2.45) is 11.7 Å². The van der Waals surface area contributed by atoms with Crippen LogP contribution in [-0.2, 0) is 4.79 Å². The van der Waals surface area contributed by atoms with Crippen LogP contribution < -0.4 is 10.6 Å². The van der Waals surface area contributed by atoms with E-state index in [0.717, 1.165) is 74.0 Å². The molecule has 0 unspecified atom stereocenters. The minimum atomic E-state index is -0.407. The summed E-state index contributed by atoms with van der Waals surface area (Å²) in [6, 6.07) is 9.41. The number of nitrogens with two attached hydrogens (primary N) is 1. The van der Waals surface area contributed by atoms with Crippen molar-refractivity contribution < 1.29 is 4.79 Å². The molecule has 1 amide bonds. The minimum absolute atomic E-state index is 0.117. The molecule has 2 aliphatic heterocycles. The second-order valence-corrected chi connectivity index (χ2v) is 9.75. The van der Waals surface area contributed by atoms with Crippen LogP contribution in [0.2, 0.25) is 10.0 Å². The monoisotopic (exact) mass is 483 g/mol. The number of piperidine rings is 1. The summed E-state index contributed by atoms with van der Waals surface area (Å²) in [5.41, 5.74) is 8.05. The summed E-state index contributed by atoms with van der Waals surface area (Å²) in [6.45, 7) is 3.34. The fourth-order valence-corrected chi connectivity index (χ4v) is 5.57. The summed E-state index contributed by atoms with van der Waals surface area (Å²) in [4.78, 5) is 26.2. The number of benzene rings is 1. The number of nitrogens with zero attached hydrogens (tertiary/aromatic N) is 4. The largest absolute Gasteiger partial charge is 0.356 e. The first-order valence-corrected chi connectivity index (χ1v) is 12.3. The highest BCUT2D eigenvalue weighted by Gasteiger charge is 2.33. The van der Waals surface area contributed by atoms with Crippen LogP contribution in [0.3, 0.4) is 0 Å². The van der Waals surface area contributed by atoms with Crippen LogP contribution >= 0.6 is 23.2 Å². The number of fused-ring (bicyclic) bond motifs is 1. The van der Waals surface area contributed by atoms with Crippen LogP contribution in [0, 0.1) is 5.92 Å². The molecular weight excluding hydrogens is 457 g/mol. The lowest BCUT2D eigenvalue weighted by Gasteiger charge is -2.36. The van der Waals surface area contributed by atoms with E-state index in [1.807, 2.05) is 29.3 Å². The van der Waals surface area contributed by atoms with E-state index in [2.05, 4.69) is 16.0 Å². The van der Waals surface area contributed by atoms with Gasteiger partial charge in [-0.2, -0.15) is 0 Å². The summed E-state index contributed by atoms with van der Waals surface area (Å²) >= 11 is 12.5. The number of likely N-dealkylation sites (tertiary alicyclic amines) is 1. The summed E-state index contributed by atoms with van der Waals surface area (Å²) < 4.78 is 0. The number of hydrogen-bond acceptors (Lipinski definition) is 5. The van der Waals surface area contributed by atoms with Gasteiger partial charge in [-0.3, -0.25) is 9.78 Å². The van der Waals surface area contributed by atoms with Gasteiger partial charge in [0.2, 0.25) is 5.91 Å². The van der Waals surface area contributed by atoms with Gasteiger partial charge in [-0.1, -0.05) is 41.4 Å². The molecule has 0 radical (unpaired) electrons. The summed E-state index contributed by atoms with van der Waals surface area (Å²) in [5, 5.41) is 3.13. The zero-order valence-electron chi connectivity index (χ0n) is 18.4. The number of hydrogen-bond donors (Lipinski definition) is 1. The molecule has 2 fully saturated rings. The highest BCUT2D eigenvalue weighted by Crippen LogP contribution is 2.36. The SMILES string of the molecule is N[C@H](C(=O)N1CCCC1)C1CCN(c2nccc3c(-c4ncc(Cl)cc4Cl)cccc23)CC1. The molecule has 0 spiro atoms. The van der Waals surface area contributed by atoms with Gasteiger partial charge in [0, 0.05) is 49.5 Å². The van der Waals surface area contributed by atoms with Gasteiger partial charge in [-0.15, -0.1) is 0 Å². The third-order valence-electron chi connectivity index (χ3n) is 6.90. The van der Waals surface area contributed by atoms with E-state index in [4.69, 9.17) is 33.9 Å². The Kier molecular flexibility index (Phi) is 6.41. The summed E-state index contributed by atoms with van der Waals surface area (Å²) in [6.07, 6.45) is 7.37. The molecule has 33 heavy (non-hydrogen) atoms. The topological polar surface area (TPSA) is 75.4 Å². The number of carbonyl (C=O) groups is 1. The van der Waals surface area contributed by atoms with Gasteiger partial charge in [0.25, 0.3) is 0 Å². The number of anilines is 1. The first-order chi connectivity index (χ1) is 16.0. The van der Waals surface area contributed by atoms with Crippen molar-refractivity contribution in [3.63, 3.8) is 0 Å². The van der Waals surface area contributed by atoms with Crippen molar-refractivity contribution in [3.05, 3.63) is 52.8 Å². The summed E-state index contributed by atoms with van der Waals surface area (Å²) in [7, 11) is 0. The van der Waals surface area contributed by atoms with E-state index in [-0.39, 0.29) is 11.8 Å². The maximum atomic E-state index is 12.7. The third-order valence-corrected chi connectivity index (χ3v) is 7.39. The molecule has 3 aromatic rings. The highest BCUT2D eigenvalue weighted by atomic mass is 35.5. The van der Waals surface area contributed by atoms with Crippen LogP contribution in [-0.4, -0.2) is 53.0 Å². The predicted molar refractivity (Wildman–Crippen MR) is 134 cm³/mol. The van der Waals surface area contributed by atoms with Crippen molar-refractivity contribution in [2.75, 3.05) is 31.1 Å². The maximum absolute atomic E-state index is 12.7. The Balaban J connectivity index is 1.37. The lowest BCUT2D eigenvalue weighted by Crippen LogP contribution is -2.50. The van der Waals surface area contributed by atoms with Gasteiger partial charge in [-0.25, -0.2) is 4.98 Å². The molecule has 2 N–H and O–H groups in total. The van der Waals surface area contributed by atoms with Gasteiger partial charge in [0.05, 0.1) is 21.8 Å². The molecule has 2 saturated heterocycles. The quantitative estimate of drug-likeness (QED) is 0.578. The first-order valence-electron chi connectivity index (χ1n) is 11.5. The Labute approximate surface area is 203 Å². The van der Waals surface area contributed by atoms with E-state index in [9.17, 15) is 4.79 Å². The third kappa shape index (κ3) is 4.39. The van der Waals surface area contributed by atoms with Gasteiger partial charge < -0.3 is 15.5 Å². The van der Waals surface area contributed by atoms with E-state index in [0.29, 0.717) is 15.7 Å². The van der Waals surface area contributed by atoms with Crippen molar-refractivity contribution in [1.82, 2.24) is 14.9 Å². The van der Waals surface area contributed by atoms with Crippen LogP contribution in [0.25, 0.3) is 22.0 Å². The van der Waals surface area contributed by atoms with Crippen molar-refractivity contribution in [3.8, 4) is 11.3 Å². The fourth-order valence-electron chi connectivity index (χ4n) is 5.08. The first kappa shape index (κ1) is 22.4. The molecule has 5 rings (SSSR count). The minimum Gasteiger partial charge on any atom is -0.356 e. The lowest BCUT2D eigenvalue weighted by molar-refractivity contribution is -0.132. The van der Waals surface area contributed by atoms with E-state index < -0.39 is 6.04 Å². The molecule has 172 valence electrons. The average Bonchev–Trinajstić information content (AvgIpc) is 3.38. The average molecular weight is 484 g/mol. The zero-order chi connectivity index (χ0) is 22.9. The number of pyridine rings is 2. The summed E-state index contributed by atoms with van der Waals surface area (Å²) in [5.74, 6) is 1.26. The van der Waals surface area contributed by atoms with E-state index in [1.165, 1.54) is 0 Å². The van der Waals surface area contributed by atoms with Gasteiger partial charge >= 0.3 is 0 Å². The van der Waals surface area contributed by atoms with Crippen LogP contribution in [0.15, 0.2) is 42.7 Å². The molecule has 2 aliphatic rings. The molecule has 0 bridgehead atoms. The molecular formula is C25H27Cl2N5O.